The molecule has 4 aromatic heterocycles. The normalized spacial score (nSPS) is 11.7. The van der Waals surface area contributed by atoms with E-state index in [1.54, 1.807) is 0 Å². The molecule has 7 aromatic carbocycles. The average molecular weight is 692 g/mol. The number of hydrogen-bond donors (Lipinski definition) is 0. The molecule has 0 amide bonds. The Morgan fingerprint density at radius 1 is 0.352 bits per heavy atom. The van der Waals surface area contributed by atoms with Crippen LogP contribution in [0.5, 0.6) is 0 Å². The Labute approximate surface area is 309 Å². The zero-order chi connectivity index (χ0) is 35.6. The second-order valence-electron chi connectivity index (χ2n) is 13.5. The summed E-state index contributed by atoms with van der Waals surface area (Å²) in [4.78, 5) is 15.6. The van der Waals surface area contributed by atoms with Crippen LogP contribution in [0.3, 0.4) is 0 Å². The minimum atomic E-state index is 0.603. The van der Waals surface area contributed by atoms with Crippen LogP contribution in [0.2, 0.25) is 0 Å². The third-order valence-corrected chi connectivity index (χ3v) is 10.3. The zero-order valence-corrected chi connectivity index (χ0v) is 28.9. The highest BCUT2D eigenvalue weighted by atomic mass is 16.3. The Balaban J connectivity index is 1.07. The standard InChI is InChI=1S/C49H29N3O2/c1-2-11-30(12-3-1)31-21-23-32(24-22-31)41-29-42(52-49(51-41)39-17-10-16-36-35-13-5-8-19-43(35)53-47(36)39)33-25-27-34(28-26-33)46-45-38-15-6-9-20-44(38)54-48(45)37-14-4-7-18-40(37)50-46/h1-29H. The molecule has 252 valence electrons. The van der Waals surface area contributed by atoms with Crippen molar-refractivity contribution < 1.29 is 8.83 Å². The molecule has 5 heteroatoms. The van der Waals surface area contributed by atoms with Crippen LogP contribution in [-0.2, 0) is 0 Å². The summed E-state index contributed by atoms with van der Waals surface area (Å²) in [5.41, 5.74) is 12.9. The van der Waals surface area contributed by atoms with Crippen LogP contribution in [0.25, 0.3) is 111 Å². The highest BCUT2D eigenvalue weighted by Gasteiger charge is 2.19. The van der Waals surface area contributed by atoms with E-state index in [1.807, 2.05) is 66.7 Å². The molecule has 0 saturated heterocycles. The van der Waals surface area contributed by atoms with Crippen LogP contribution in [0.15, 0.2) is 185 Å². The minimum Gasteiger partial charge on any atom is -0.455 e. The summed E-state index contributed by atoms with van der Waals surface area (Å²) in [6, 6.07) is 60.2. The molecular weight excluding hydrogens is 663 g/mol. The summed E-state index contributed by atoms with van der Waals surface area (Å²) < 4.78 is 12.9. The fraction of sp³-hybridized carbons (Fsp3) is 0. The van der Waals surface area contributed by atoms with Crippen molar-refractivity contribution in [3.05, 3.63) is 176 Å². The Bertz CT molecular complexity index is 3200. The van der Waals surface area contributed by atoms with Gasteiger partial charge in [-0.25, -0.2) is 15.0 Å². The van der Waals surface area contributed by atoms with Crippen LogP contribution in [-0.4, -0.2) is 15.0 Å². The van der Waals surface area contributed by atoms with Crippen molar-refractivity contribution in [2.45, 2.75) is 0 Å². The maximum absolute atomic E-state index is 6.45. The van der Waals surface area contributed by atoms with Gasteiger partial charge in [-0.3, -0.25) is 0 Å². The predicted molar refractivity (Wildman–Crippen MR) is 219 cm³/mol. The third-order valence-electron chi connectivity index (χ3n) is 10.3. The number of para-hydroxylation sites is 4. The Morgan fingerprint density at radius 3 is 1.63 bits per heavy atom. The molecule has 4 heterocycles. The van der Waals surface area contributed by atoms with Gasteiger partial charge in [0.05, 0.1) is 33.5 Å². The summed E-state index contributed by atoms with van der Waals surface area (Å²) >= 11 is 0. The van der Waals surface area contributed by atoms with Gasteiger partial charge in [0.15, 0.2) is 5.82 Å². The van der Waals surface area contributed by atoms with Crippen molar-refractivity contribution >= 4 is 54.8 Å². The molecule has 0 bridgehead atoms. The molecule has 0 atom stereocenters. The Kier molecular flexibility index (Phi) is 6.79. The van der Waals surface area contributed by atoms with Crippen molar-refractivity contribution in [3.63, 3.8) is 0 Å². The molecule has 0 N–H and O–H groups in total. The summed E-state index contributed by atoms with van der Waals surface area (Å²) in [5, 5.41) is 5.17. The molecule has 0 spiro atoms. The predicted octanol–water partition coefficient (Wildman–Crippen LogP) is 13.2. The van der Waals surface area contributed by atoms with Crippen LogP contribution in [0, 0.1) is 0 Å². The van der Waals surface area contributed by atoms with Gasteiger partial charge in [-0.15, -0.1) is 0 Å². The van der Waals surface area contributed by atoms with Crippen molar-refractivity contribution in [1.29, 1.82) is 0 Å². The average Bonchev–Trinajstić information content (AvgIpc) is 3.83. The molecule has 54 heavy (non-hydrogen) atoms. The first-order valence-electron chi connectivity index (χ1n) is 18.0. The summed E-state index contributed by atoms with van der Waals surface area (Å²) in [6.45, 7) is 0. The Hall–Kier alpha value is -7.37. The molecule has 0 saturated carbocycles. The molecule has 11 aromatic rings. The number of benzene rings is 7. The van der Waals surface area contributed by atoms with E-state index >= 15 is 0 Å². The van der Waals surface area contributed by atoms with E-state index in [0.29, 0.717) is 5.82 Å². The summed E-state index contributed by atoms with van der Waals surface area (Å²) in [6.07, 6.45) is 0. The highest BCUT2D eigenvalue weighted by Crippen LogP contribution is 2.41. The highest BCUT2D eigenvalue weighted by molar-refractivity contribution is 6.19. The number of pyridine rings is 1. The molecule has 0 radical (unpaired) electrons. The van der Waals surface area contributed by atoms with Gasteiger partial charge in [-0.2, -0.15) is 0 Å². The molecule has 11 rings (SSSR count). The molecular formula is C49H29N3O2. The van der Waals surface area contributed by atoms with Gasteiger partial charge < -0.3 is 8.83 Å². The lowest BCUT2D eigenvalue weighted by molar-refractivity contribution is 0.669. The smallest absolute Gasteiger partial charge is 0.164 e. The van der Waals surface area contributed by atoms with Crippen LogP contribution >= 0.6 is 0 Å². The lowest BCUT2D eigenvalue weighted by atomic mass is 9.99. The SMILES string of the molecule is c1ccc(-c2ccc(-c3cc(-c4ccc(-c5nc6ccccc6c6oc7ccccc7c56)cc4)nc(-c4cccc5c4oc4ccccc45)n3)cc2)cc1. The minimum absolute atomic E-state index is 0.603. The van der Waals surface area contributed by atoms with Gasteiger partial charge in [-0.1, -0.05) is 140 Å². The van der Waals surface area contributed by atoms with Gasteiger partial charge in [0.25, 0.3) is 0 Å². The third kappa shape index (κ3) is 4.90. The first kappa shape index (κ1) is 30.3. The molecule has 5 nitrogen and oxygen atoms in total. The fourth-order valence-corrected chi connectivity index (χ4v) is 7.67. The summed E-state index contributed by atoms with van der Waals surface area (Å²) in [7, 11) is 0. The second kappa shape index (κ2) is 12.1. The first-order valence-corrected chi connectivity index (χ1v) is 18.0. The van der Waals surface area contributed by atoms with Crippen LogP contribution < -0.4 is 0 Å². The van der Waals surface area contributed by atoms with Gasteiger partial charge in [0.1, 0.15) is 22.3 Å². The maximum atomic E-state index is 6.45. The number of fused-ring (bicyclic) bond motifs is 8. The molecule has 0 fully saturated rings. The summed E-state index contributed by atoms with van der Waals surface area (Å²) in [5.74, 6) is 0.603. The van der Waals surface area contributed by atoms with Gasteiger partial charge in [0.2, 0.25) is 0 Å². The van der Waals surface area contributed by atoms with E-state index in [4.69, 9.17) is 23.8 Å². The van der Waals surface area contributed by atoms with E-state index in [2.05, 4.69) is 109 Å². The zero-order valence-electron chi connectivity index (χ0n) is 28.9. The quantitative estimate of drug-likeness (QED) is 0.180. The molecule has 0 aliphatic carbocycles. The second-order valence-corrected chi connectivity index (χ2v) is 13.5. The van der Waals surface area contributed by atoms with Crippen LogP contribution in [0.4, 0.5) is 0 Å². The first-order chi connectivity index (χ1) is 26.7. The topological polar surface area (TPSA) is 65.0 Å². The van der Waals surface area contributed by atoms with Crippen molar-refractivity contribution in [2.75, 3.05) is 0 Å². The van der Waals surface area contributed by atoms with E-state index in [-0.39, 0.29) is 0 Å². The monoisotopic (exact) mass is 691 g/mol. The van der Waals surface area contributed by atoms with Crippen LogP contribution in [0.1, 0.15) is 0 Å². The Morgan fingerprint density at radius 2 is 0.889 bits per heavy atom. The molecule has 0 unspecified atom stereocenters. The van der Waals surface area contributed by atoms with E-state index < -0.39 is 0 Å². The largest absolute Gasteiger partial charge is 0.455 e. The van der Waals surface area contributed by atoms with Gasteiger partial charge >= 0.3 is 0 Å². The van der Waals surface area contributed by atoms with Crippen molar-refractivity contribution in [3.8, 4) is 56.3 Å². The number of rotatable bonds is 5. The van der Waals surface area contributed by atoms with E-state index in [9.17, 15) is 0 Å². The lowest BCUT2D eigenvalue weighted by Crippen LogP contribution is -1.96. The molecule has 0 aliphatic heterocycles. The van der Waals surface area contributed by atoms with E-state index in [0.717, 1.165) is 99.7 Å². The van der Waals surface area contributed by atoms with Crippen molar-refractivity contribution in [1.82, 2.24) is 15.0 Å². The maximum Gasteiger partial charge on any atom is 0.164 e. The van der Waals surface area contributed by atoms with E-state index in [1.165, 1.54) is 5.56 Å². The fourth-order valence-electron chi connectivity index (χ4n) is 7.67. The number of nitrogens with zero attached hydrogens (tertiary/aromatic N) is 3. The molecule has 0 aliphatic rings. The van der Waals surface area contributed by atoms with Gasteiger partial charge in [-0.05, 0) is 47.5 Å². The number of furan rings is 2. The van der Waals surface area contributed by atoms with Crippen molar-refractivity contribution in [2.24, 2.45) is 0 Å². The van der Waals surface area contributed by atoms with Gasteiger partial charge in [0, 0.05) is 38.2 Å². The number of hydrogen-bond acceptors (Lipinski definition) is 5. The lowest BCUT2D eigenvalue weighted by Gasteiger charge is -2.11. The number of aromatic nitrogens is 3.